The van der Waals surface area contributed by atoms with Crippen molar-refractivity contribution in [3.8, 4) is 0 Å². The van der Waals surface area contributed by atoms with E-state index < -0.39 is 0 Å². The lowest BCUT2D eigenvalue weighted by molar-refractivity contribution is -0.118. The summed E-state index contributed by atoms with van der Waals surface area (Å²) in [6, 6.07) is 8.31. The molecule has 0 aliphatic carbocycles. The second kappa shape index (κ2) is 7.03. The van der Waals surface area contributed by atoms with Gasteiger partial charge in [-0.15, -0.1) is 0 Å². The average Bonchev–Trinajstić information content (AvgIpc) is 2.26. The third kappa shape index (κ3) is 6.33. The molecule has 2 nitrogen and oxygen atoms in total. The van der Waals surface area contributed by atoms with Crippen molar-refractivity contribution in [2.24, 2.45) is 11.1 Å². The van der Waals surface area contributed by atoms with Crippen molar-refractivity contribution in [2.75, 3.05) is 0 Å². The molecule has 0 aromatic heterocycles. The molecule has 1 unspecified atom stereocenters. The van der Waals surface area contributed by atoms with Crippen LogP contribution in [0.15, 0.2) is 24.3 Å². The van der Waals surface area contributed by atoms with Crippen LogP contribution in [-0.2, 0) is 11.2 Å². The van der Waals surface area contributed by atoms with Crippen LogP contribution >= 0.6 is 0 Å². The summed E-state index contributed by atoms with van der Waals surface area (Å²) in [7, 11) is 0. The second-order valence-electron chi connectivity index (χ2n) is 7.34. The number of benzene rings is 1. The molecule has 20 heavy (non-hydrogen) atoms. The highest BCUT2D eigenvalue weighted by Gasteiger charge is 2.18. The predicted molar refractivity (Wildman–Crippen MR) is 85.9 cm³/mol. The molecule has 0 amide bonds. The van der Waals surface area contributed by atoms with Gasteiger partial charge >= 0.3 is 0 Å². The fourth-order valence-corrected chi connectivity index (χ4v) is 2.47. The van der Waals surface area contributed by atoms with Crippen LogP contribution in [-0.4, -0.2) is 11.8 Å². The largest absolute Gasteiger partial charge is 0.327 e. The van der Waals surface area contributed by atoms with Gasteiger partial charge in [-0.1, -0.05) is 58.9 Å². The summed E-state index contributed by atoms with van der Waals surface area (Å²) < 4.78 is 0. The van der Waals surface area contributed by atoms with Gasteiger partial charge in [0.15, 0.2) is 0 Å². The highest BCUT2D eigenvalue weighted by atomic mass is 16.1. The maximum absolute atomic E-state index is 12.0. The third-order valence-corrected chi connectivity index (χ3v) is 3.41. The van der Waals surface area contributed by atoms with Crippen molar-refractivity contribution < 1.29 is 4.79 Å². The molecule has 112 valence electrons. The highest BCUT2D eigenvalue weighted by Crippen LogP contribution is 2.21. The topological polar surface area (TPSA) is 43.1 Å². The summed E-state index contributed by atoms with van der Waals surface area (Å²) in [5.74, 6) is 0.763. The number of hydrogen-bond acceptors (Lipinski definition) is 2. The summed E-state index contributed by atoms with van der Waals surface area (Å²) in [4.78, 5) is 12.0. The first-order valence-electron chi connectivity index (χ1n) is 7.53. The minimum absolute atomic E-state index is 0.0302. The molecular weight excluding hydrogens is 246 g/mol. The monoisotopic (exact) mass is 275 g/mol. The molecule has 0 saturated heterocycles. The number of carbonyl (C=O) groups excluding carboxylic acids is 1. The van der Waals surface area contributed by atoms with Gasteiger partial charge in [-0.05, 0) is 28.9 Å². The Bertz CT molecular complexity index is 426. The van der Waals surface area contributed by atoms with Gasteiger partial charge in [-0.25, -0.2) is 0 Å². The van der Waals surface area contributed by atoms with E-state index in [9.17, 15) is 4.79 Å². The smallest absolute Gasteiger partial charge is 0.138 e. The van der Waals surface area contributed by atoms with Crippen LogP contribution in [0, 0.1) is 5.41 Å². The predicted octanol–water partition coefficient (Wildman–Crippen LogP) is 4.08. The molecule has 0 fully saturated rings. The molecule has 1 aromatic rings. The molecular formula is C18H29NO. The quantitative estimate of drug-likeness (QED) is 0.850. The number of ketones is 1. The maximum atomic E-state index is 12.0. The van der Waals surface area contributed by atoms with Gasteiger partial charge in [-0.2, -0.15) is 0 Å². The first-order chi connectivity index (χ1) is 9.17. The van der Waals surface area contributed by atoms with E-state index in [0.717, 1.165) is 12.0 Å². The van der Waals surface area contributed by atoms with Crippen molar-refractivity contribution in [1.29, 1.82) is 0 Å². The SMILES string of the molecule is CC(C)c1ccc(CC(=O)CC(N)CC(C)(C)C)cc1. The standard InChI is InChI=1S/C18H29NO/c1-13(2)15-8-6-14(7-9-15)10-17(20)11-16(19)12-18(3,4)5/h6-9,13,16H,10-12,19H2,1-5H3. The van der Waals surface area contributed by atoms with Crippen LogP contribution in [0.1, 0.15) is 64.5 Å². The van der Waals surface area contributed by atoms with Crippen molar-refractivity contribution in [2.45, 2.75) is 65.8 Å². The van der Waals surface area contributed by atoms with Crippen LogP contribution < -0.4 is 5.73 Å². The molecule has 1 atom stereocenters. The number of carbonyl (C=O) groups is 1. The molecule has 2 N–H and O–H groups in total. The minimum Gasteiger partial charge on any atom is -0.327 e. The number of hydrogen-bond donors (Lipinski definition) is 1. The van der Waals surface area contributed by atoms with Crippen molar-refractivity contribution >= 4 is 5.78 Å². The zero-order valence-corrected chi connectivity index (χ0v) is 13.6. The van der Waals surface area contributed by atoms with Crippen LogP contribution in [0.4, 0.5) is 0 Å². The van der Waals surface area contributed by atoms with Crippen LogP contribution in [0.2, 0.25) is 0 Å². The Kier molecular flexibility index (Phi) is 5.94. The first-order valence-corrected chi connectivity index (χ1v) is 7.53. The summed E-state index contributed by atoms with van der Waals surface area (Å²) in [6.45, 7) is 10.8. The maximum Gasteiger partial charge on any atom is 0.138 e. The van der Waals surface area contributed by atoms with E-state index in [-0.39, 0.29) is 17.2 Å². The highest BCUT2D eigenvalue weighted by molar-refractivity contribution is 5.81. The van der Waals surface area contributed by atoms with Crippen LogP contribution in [0.5, 0.6) is 0 Å². The van der Waals surface area contributed by atoms with Gasteiger partial charge in [0.1, 0.15) is 5.78 Å². The van der Waals surface area contributed by atoms with Crippen LogP contribution in [0.25, 0.3) is 0 Å². The van der Waals surface area contributed by atoms with Gasteiger partial charge in [0, 0.05) is 18.9 Å². The van der Waals surface area contributed by atoms with E-state index in [4.69, 9.17) is 5.73 Å². The van der Waals surface area contributed by atoms with E-state index in [1.165, 1.54) is 5.56 Å². The molecule has 1 aromatic carbocycles. The Morgan fingerprint density at radius 1 is 1.15 bits per heavy atom. The van der Waals surface area contributed by atoms with Gasteiger partial charge in [-0.3, -0.25) is 4.79 Å². The zero-order chi connectivity index (χ0) is 15.3. The Morgan fingerprint density at radius 2 is 1.70 bits per heavy atom. The van der Waals surface area contributed by atoms with Gasteiger partial charge in [0.2, 0.25) is 0 Å². The molecule has 0 bridgehead atoms. The van der Waals surface area contributed by atoms with Crippen molar-refractivity contribution in [3.05, 3.63) is 35.4 Å². The second-order valence-corrected chi connectivity index (χ2v) is 7.34. The van der Waals surface area contributed by atoms with E-state index in [2.05, 4.69) is 58.9 Å². The number of rotatable bonds is 6. The normalized spacial score (nSPS) is 13.6. The molecule has 0 heterocycles. The lowest BCUT2D eigenvalue weighted by Gasteiger charge is -2.22. The molecule has 2 heteroatoms. The summed E-state index contributed by atoms with van der Waals surface area (Å²) in [6.07, 6.45) is 1.85. The van der Waals surface area contributed by atoms with Gasteiger partial charge < -0.3 is 5.73 Å². The Hall–Kier alpha value is -1.15. The Morgan fingerprint density at radius 3 is 2.15 bits per heavy atom. The Balaban J connectivity index is 2.50. The Labute approximate surface area is 123 Å². The van der Waals surface area contributed by atoms with Crippen molar-refractivity contribution in [3.63, 3.8) is 0 Å². The molecule has 0 aliphatic rings. The van der Waals surface area contributed by atoms with Crippen LogP contribution in [0.3, 0.4) is 0 Å². The number of nitrogens with two attached hydrogens (primary N) is 1. The lowest BCUT2D eigenvalue weighted by atomic mass is 9.86. The molecule has 0 aliphatic heterocycles. The first kappa shape index (κ1) is 16.9. The van der Waals surface area contributed by atoms with E-state index in [0.29, 0.717) is 18.8 Å². The molecule has 0 saturated carbocycles. The van der Waals surface area contributed by atoms with Gasteiger partial charge in [0.25, 0.3) is 0 Å². The molecule has 0 spiro atoms. The fraction of sp³-hybridized carbons (Fsp3) is 0.611. The third-order valence-electron chi connectivity index (χ3n) is 3.41. The number of Topliss-reactive ketones (excluding diaryl/α,β-unsaturated/α-hetero) is 1. The zero-order valence-electron chi connectivity index (χ0n) is 13.6. The fourth-order valence-electron chi connectivity index (χ4n) is 2.47. The average molecular weight is 275 g/mol. The van der Waals surface area contributed by atoms with Crippen molar-refractivity contribution in [1.82, 2.24) is 0 Å². The lowest BCUT2D eigenvalue weighted by Crippen LogP contribution is -2.29. The molecule has 1 rings (SSSR count). The van der Waals surface area contributed by atoms with E-state index in [1.54, 1.807) is 0 Å². The van der Waals surface area contributed by atoms with E-state index >= 15 is 0 Å². The summed E-state index contributed by atoms with van der Waals surface area (Å²) >= 11 is 0. The van der Waals surface area contributed by atoms with Gasteiger partial charge in [0.05, 0.1) is 0 Å². The van der Waals surface area contributed by atoms with E-state index in [1.807, 2.05) is 0 Å². The molecule has 0 radical (unpaired) electrons. The minimum atomic E-state index is -0.0302. The summed E-state index contributed by atoms with van der Waals surface area (Å²) in [5, 5.41) is 0. The summed E-state index contributed by atoms with van der Waals surface area (Å²) in [5.41, 5.74) is 8.63.